The lowest BCUT2D eigenvalue weighted by Crippen LogP contribution is -2.15. The fraction of sp³-hybridized carbons (Fsp3) is 0.158. The van der Waals surface area contributed by atoms with E-state index in [1.165, 1.54) is 0 Å². The zero-order valence-corrected chi connectivity index (χ0v) is 14.6. The summed E-state index contributed by atoms with van der Waals surface area (Å²) >= 11 is 5.93. The topological polar surface area (TPSA) is 64.4 Å². The van der Waals surface area contributed by atoms with Crippen LogP contribution >= 0.6 is 11.6 Å². The van der Waals surface area contributed by atoms with Gasteiger partial charge in [-0.25, -0.2) is 0 Å². The van der Waals surface area contributed by atoms with Crippen molar-refractivity contribution in [2.75, 3.05) is 5.32 Å². The first-order chi connectivity index (χ1) is 12.0. The minimum Gasteiger partial charge on any atom is -0.489 e. The van der Waals surface area contributed by atoms with Crippen molar-refractivity contribution in [1.29, 1.82) is 0 Å². The number of hydrogen-bond acceptors (Lipinski definition) is 4. The van der Waals surface area contributed by atoms with Gasteiger partial charge in [0.05, 0.1) is 5.56 Å². The van der Waals surface area contributed by atoms with Gasteiger partial charge in [-0.2, -0.15) is 0 Å². The van der Waals surface area contributed by atoms with Gasteiger partial charge in [0.1, 0.15) is 18.1 Å². The third-order valence-corrected chi connectivity index (χ3v) is 3.89. The Morgan fingerprint density at radius 2 is 2.00 bits per heavy atom. The molecule has 0 aliphatic rings. The summed E-state index contributed by atoms with van der Waals surface area (Å²) in [5.74, 6) is 0.896. The molecule has 128 valence electrons. The fourth-order valence-corrected chi connectivity index (χ4v) is 2.55. The molecule has 0 aliphatic heterocycles. The van der Waals surface area contributed by atoms with Crippen molar-refractivity contribution in [2.24, 2.45) is 0 Å². The van der Waals surface area contributed by atoms with Gasteiger partial charge in [0.25, 0.3) is 5.91 Å². The third kappa shape index (κ3) is 4.19. The standard InChI is InChI=1S/C19H17ClN2O3/c1-12-5-3-8-16(9-12)24-11-17-13(2)25-22-18(17)19(23)21-15-7-4-6-14(20)10-15/h3-10H,11H2,1-2H3,(H,21,23). The number of carbonyl (C=O) groups excluding carboxylic acids is 1. The van der Waals surface area contributed by atoms with Gasteiger partial charge in [0, 0.05) is 10.7 Å². The second-order valence-electron chi connectivity index (χ2n) is 5.64. The highest BCUT2D eigenvalue weighted by molar-refractivity contribution is 6.30. The second-order valence-corrected chi connectivity index (χ2v) is 6.07. The van der Waals surface area contributed by atoms with Gasteiger partial charge in [-0.15, -0.1) is 0 Å². The van der Waals surface area contributed by atoms with Gasteiger partial charge in [0.15, 0.2) is 5.69 Å². The molecule has 0 bridgehead atoms. The molecule has 3 rings (SSSR count). The zero-order valence-electron chi connectivity index (χ0n) is 13.9. The molecule has 1 aromatic heterocycles. The van der Waals surface area contributed by atoms with Crippen LogP contribution in [0.25, 0.3) is 0 Å². The van der Waals surface area contributed by atoms with Gasteiger partial charge < -0.3 is 14.6 Å². The number of amides is 1. The van der Waals surface area contributed by atoms with Crippen molar-refractivity contribution < 1.29 is 14.1 Å². The summed E-state index contributed by atoms with van der Waals surface area (Å²) in [4.78, 5) is 12.5. The Balaban J connectivity index is 1.75. The van der Waals surface area contributed by atoms with E-state index in [1.807, 2.05) is 31.2 Å². The number of halogens is 1. The normalized spacial score (nSPS) is 10.5. The molecular weight excluding hydrogens is 340 g/mol. The Bertz CT molecular complexity index is 905. The number of nitrogens with one attached hydrogen (secondary N) is 1. The second kappa shape index (κ2) is 7.40. The van der Waals surface area contributed by atoms with E-state index in [9.17, 15) is 4.79 Å². The Kier molecular flexibility index (Phi) is 5.05. The molecule has 25 heavy (non-hydrogen) atoms. The highest BCUT2D eigenvalue weighted by Gasteiger charge is 2.20. The van der Waals surface area contributed by atoms with Crippen LogP contribution in [-0.4, -0.2) is 11.1 Å². The van der Waals surface area contributed by atoms with Crippen LogP contribution in [-0.2, 0) is 6.61 Å². The molecule has 1 heterocycles. The molecule has 6 heteroatoms. The van der Waals surface area contributed by atoms with Crippen LogP contribution in [0.1, 0.15) is 27.4 Å². The molecule has 1 N–H and O–H groups in total. The van der Waals surface area contributed by atoms with Crippen LogP contribution in [0.2, 0.25) is 5.02 Å². The van der Waals surface area contributed by atoms with E-state index in [0.29, 0.717) is 22.0 Å². The minimum absolute atomic E-state index is 0.192. The maximum absolute atomic E-state index is 12.5. The molecule has 0 fully saturated rings. The van der Waals surface area contributed by atoms with E-state index in [2.05, 4.69) is 10.5 Å². The SMILES string of the molecule is Cc1cccc(OCc2c(C(=O)Nc3cccc(Cl)c3)noc2C)c1. The van der Waals surface area contributed by atoms with Gasteiger partial charge >= 0.3 is 0 Å². The maximum atomic E-state index is 12.5. The summed E-state index contributed by atoms with van der Waals surface area (Å²) in [7, 11) is 0. The lowest BCUT2D eigenvalue weighted by molar-refractivity contribution is 0.101. The van der Waals surface area contributed by atoms with E-state index < -0.39 is 0 Å². The predicted octanol–water partition coefficient (Wildman–Crippen LogP) is 4.78. The molecule has 2 aromatic carbocycles. The number of benzene rings is 2. The summed E-state index contributed by atoms with van der Waals surface area (Å²) in [5, 5.41) is 7.16. The molecule has 0 atom stereocenters. The first-order valence-electron chi connectivity index (χ1n) is 7.74. The average molecular weight is 357 g/mol. The minimum atomic E-state index is -0.373. The molecule has 0 aliphatic carbocycles. The summed E-state index contributed by atoms with van der Waals surface area (Å²) in [6.07, 6.45) is 0. The lowest BCUT2D eigenvalue weighted by atomic mass is 10.2. The summed E-state index contributed by atoms with van der Waals surface area (Å²) in [6, 6.07) is 14.6. The van der Waals surface area contributed by atoms with Gasteiger partial charge in [0.2, 0.25) is 0 Å². The van der Waals surface area contributed by atoms with E-state index in [0.717, 1.165) is 11.3 Å². The van der Waals surface area contributed by atoms with Gasteiger partial charge in [-0.05, 0) is 49.7 Å². The van der Waals surface area contributed by atoms with Crippen LogP contribution in [0.4, 0.5) is 5.69 Å². The van der Waals surface area contributed by atoms with Crippen LogP contribution in [0.15, 0.2) is 53.1 Å². The highest BCUT2D eigenvalue weighted by atomic mass is 35.5. The molecule has 3 aromatic rings. The number of hydrogen-bond donors (Lipinski definition) is 1. The van der Waals surface area contributed by atoms with Crippen molar-refractivity contribution in [2.45, 2.75) is 20.5 Å². The molecule has 0 spiro atoms. The predicted molar refractivity (Wildman–Crippen MR) is 96.2 cm³/mol. The zero-order chi connectivity index (χ0) is 17.8. The smallest absolute Gasteiger partial charge is 0.278 e. The Hall–Kier alpha value is -2.79. The van der Waals surface area contributed by atoms with Crippen molar-refractivity contribution in [3.05, 3.63) is 76.1 Å². The van der Waals surface area contributed by atoms with E-state index in [1.54, 1.807) is 31.2 Å². The average Bonchev–Trinajstić information content (AvgIpc) is 2.94. The number of aromatic nitrogens is 1. The number of rotatable bonds is 5. The van der Waals surface area contributed by atoms with E-state index in [-0.39, 0.29) is 18.2 Å². The summed E-state index contributed by atoms with van der Waals surface area (Å²) in [6.45, 7) is 3.93. The first kappa shape index (κ1) is 17.0. The van der Waals surface area contributed by atoms with Crippen LogP contribution in [0, 0.1) is 13.8 Å². The maximum Gasteiger partial charge on any atom is 0.278 e. The van der Waals surface area contributed by atoms with Gasteiger partial charge in [-0.3, -0.25) is 4.79 Å². The quantitative estimate of drug-likeness (QED) is 0.714. The van der Waals surface area contributed by atoms with Gasteiger partial charge in [-0.1, -0.05) is 35.0 Å². The first-order valence-corrected chi connectivity index (χ1v) is 8.12. The number of ether oxygens (including phenoxy) is 1. The molecule has 5 nitrogen and oxygen atoms in total. The number of anilines is 1. The molecule has 1 amide bonds. The number of carbonyl (C=O) groups is 1. The highest BCUT2D eigenvalue weighted by Crippen LogP contribution is 2.21. The van der Waals surface area contributed by atoms with Crippen LogP contribution in [0.5, 0.6) is 5.75 Å². The van der Waals surface area contributed by atoms with Crippen molar-refractivity contribution in [1.82, 2.24) is 5.16 Å². The molecule has 0 unspecified atom stereocenters. The lowest BCUT2D eigenvalue weighted by Gasteiger charge is -2.08. The summed E-state index contributed by atoms with van der Waals surface area (Å²) < 4.78 is 10.9. The monoisotopic (exact) mass is 356 g/mol. The third-order valence-electron chi connectivity index (χ3n) is 3.65. The Morgan fingerprint density at radius 1 is 1.20 bits per heavy atom. The fourth-order valence-electron chi connectivity index (χ4n) is 2.36. The molecular formula is C19H17ClN2O3. The molecule has 0 radical (unpaired) electrons. The number of aryl methyl sites for hydroxylation is 2. The largest absolute Gasteiger partial charge is 0.489 e. The van der Waals surface area contributed by atoms with Crippen molar-refractivity contribution >= 4 is 23.2 Å². The van der Waals surface area contributed by atoms with Crippen molar-refractivity contribution in [3.63, 3.8) is 0 Å². The summed E-state index contributed by atoms with van der Waals surface area (Å²) in [5.41, 5.74) is 2.49. The number of nitrogens with zero attached hydrogens (tertiary/aromatic N) is 1. The molecule has 0 saturated carbocycles. The van der Waals surface area contributed by atoms with Crippen molar-refractivity contribution in [3.8, 4) is 5.75 Å². The van der Waals surface area contributed by atoms with Crippen LogP contribution in [0.3, 0.4) is 0 Å². The van der Waals surface area contributed by atoms with E-state index in [4.69, 9.17) is 20.9 Å². The van der Waals surface area contributed by atoms with Crippen LogP contribution < -0.4 is 10.1 Å². The Morgan fingerprint density at radius 3 is 2.76 bits per heavy atom. The Labute approximate surface area is 150 Å². The molecule has 0 saturated heterocycles. The van der Waals surface area contributed by atoms with E-state index >= 15 is 0 Å².